The van der Waals surface area contributed by atoms with Crippen LogP contribution in [-0.4, -0.2) is 75.6 Å². The number of likely N-dealkylation sites (N-methyl/N-ethyl adjacent to an activating group) is 1. The summed E-state index contributed by atoms with van der Waals surface area (Å²) < 4.78 is 30.1. The Morgan fingerprint density at radius 3 is 2.59 bits per heavy atom. The van der Waals surface area contributed by atoms with Gasteiger partial charge >= 0.3 is 0 Å². The van der Waals surface area contributed by atoms with Crippen molar-refractivity contribution in [2.24, 2.45) is 0 Å². The highest BCUT2D eigenvalue weighted by Crippen LogP contribution is 2.33. The number of benzene rings is 1. The number of piperazine rings is 1. The molecule has 0 spiro atoms. The van der Waals surface area contributed by atoms with Crippen LogP contribution in [0.2, 0.25) is 0 Å². The first-order valence-electron chi connectivity index (χ1n) is 13.0. The molecule has 0 bridgehead atoms. The molecule has 2 unspecified atom stereocenters. The molecule has 1 aliphatic rings. The molecular weight excluding hydrogens is 520 g/mol. The molecule has 8 nitrogen and oxygen atoms in total. The van der Waals surface area contributed by atoms with Gasteiger partial charge in [-0.2, -0.15) is 5.10 Å². The van der Waals surface area contributed by atoms with Crippen molar-refractivity contribution in [2.45, 2.75) is 31.5 Å². The number of anilines is 2. The lowest BCUT2D eigenvalue weighted by atomic mass is 9.85. The minimum atomic E-state index is -1.65. The van der Waals surface area contributed by atoms with Crippen molar-refractivity contribution in [3.05, 3.63) is 88.8 Å². The lowest BCUT2D eigenvalue weighted by Crippen LogP contribution is -2.57. The van der Waals surface area contributed by atoms with Crippen LogP contribution in [0.5, 0.6) is 0 Å². The number of thiophene rings is 1. The molecule has 2 atom stereocenters. The molecule has 1 N–H and O–H groups in total. The average molecular weight is 554 g/mol. The fourth-order valence-corrected chi connectivity index (χ4v) is 5.85. The summed E-state index contributed by atoms with van der Waals surface area (Å²) in [7, 11) is 2.06. The quantitative estimate of drug-likeness (QED) is 0.320. The van der Waals surface area contributed by atoms with Gasteiger partial charge in [-0.3, -0.25) is 4.90 Å². The number of aromatic nitrogens is 4. The number of aliphatic hydroxyl groups is 1. The highest BCUT2D eigenvalue weighted by molar-refractivity contribution is 7.09. The monoisotopic (exact) mass is 553 g/mol. The van der Waals surface area contributed by atoms with Crippen LogP contribution in [0.4, 0.5) is 20.3 Å². The summed E-state index contributed by atoms with van der Waals surface area (Å²) in [5, 5.41) is 18.1. The molecule has 1 saturated heterocycles. The molecule has 5 rings (SSSR count). The van der Waals surface area contributed by atoms with Crippen molar-refractivity contribution in [1.29, 1.82) is 0 Å². The highest BCUT2D eigenvalue weighted by atomic mass is 32.1. The fraction of sp³-hybridized carbons (Fsp3) is 0.393. The van der Waals surface area contributed by atoms with E-state index in [1.54, 1.807) is 11.3 Å². The normalized spacial score (nSPS) is 16.7. The second kappa shape index (κ2) is 11.8. The van der Waals surface area contributed by atoms with Crippen LogP contribution in [-0.2, 0) is 18.6 Å². The topological polar surface area (TPSA) is 73.6 Å². The van der Waals surface area contributed by atoms with E-state index >= 15 is 0 Å². The first kappa shape index (κ1) is 27.2. The molecule has 0 saturated carbocycles. The van der Waals surface area contributed by atoms with Gasteiger partial charge in [0, 0.05) is 62.3 Å². The summed E-state index contributed by atoms with van der Waals surface area (Å²) in [5.74, 6) is -0.536. The molecule has 1 aliphatic heterocycles. The van der Waals surface area contributed by atoms with Crippen molar-refractivity contribution >= 4 is 22.8 Å². The molecule has 39 heavy (non-hydrogen) atoms. The second-order valence-electron chi connectivity index (χ2n) is 9.97. The van der Waals surface area contributed by atoms with E-state index in [1.165, 1.54) is 34.3 Å². The number of nitrogens with zero attached hydrogens (tertiary/aromatic N) is 7. The Bertz CT molecular complexity index is 1330. The average Bonchev–Trinajstić information content (AvgIpc) is 3.66. The standard InChI is InChI=1S/C28H33F2N7OS/c1-21(28(38,18-37-20-31-19-33-37)25-7-5-22(29)16-26(25)30)35-11-13-36(14-12-35)23-6-8-27(32-17-23)34(2)10-9-24-4-3-15-39-24/h3-8,15-17,19-21,38H,9-14,18H2,1-2H3. The highest BCUT2D eigenvalue weighted by Gasteiger charge is 2.42. The van der Waals surface area contributed by atoms with Crippen LogP contribution in [0.3, 0.4) is 0 Å². The minimum absolute atomic E-state index is 0.0116. The molecule has 3 aromatic heterocycles. The Labute approximate surface area is 231 Å². The van der Waals surface area contributed by atoms with Gasteiger partial charge in [0.2, 0.25) is 0 Å². The predicted molar refractivity (Wildman–Crippen MR) is 149 cm³/mol. The minimum Gasteiger partial charge on any atom is -0.381 e. The fourth-order valence-electron chi connectivity index (χ4n) is 5.15. The molecule has 0 amide bonds. The summed E-state index contributed by atoms with van der Waals surface area (Å²) in [6, 6.07) is 11.2. The van der Waals surface area contributed by atoms with Gasteiger partial charge in [-0.15, -0.1) is 11.3 Å². The van der Waals surface area contributed by atoms with Gasteiger partial charge in [-0.1, -0.05) is 12.1 Å². The Morgan fingerprint density at radius 1 is 1.13 bits per heavy atom. The molecule has 1 fully saturated rings. The molecule has 11 heteroatoms. The van der Waals surface area contributed by atoms with Crippen LogP contribution in [0.25, 0.3) is 0 Å². The zero-order valence-corrected chi connectivity index (χ0v) is 22.9. The van der Waals surface area contributed by atoms with Gasteiger partial charge in [0.25, 0.3) is 0 Å². The van der Waals surface area contributed by atoms with Gasteiger partial charge in [0.1, 0.15) is 35.7 Å². The summed E-state index contributed by atoms with van der Waals surface area (Å²) in [5.41, 5.74) is -0.567. The van der Waals surface area contributed by atoms with E-state index in [9.17, 15) is 13.9 Å². The zero-order valence-electron chi connectivity index (χ0n) is 22.1. The summed E-state index contributed by atoms with van der Waals surface area (Å²) in [6.07, 6.45) is 5.74. The smallest absolute Gasteiger partial charge is 0.137 e. The Hall–Kier alpha value is -3.41. The van der Waals surface area contributed by atoms with Crippen LogP contribution in [0.1, 0.15) is 17.4 Å². The number of hydrogen-bond acceptors (Lipinski definition) is 8. The van der Waals surface area contributed by atoms with Gasteiger partial charge in [0.05, 0.1) is 18.4 Å². The largest absolute Gasteiger partial charge is 0.381 e. The molecule has 0 radical (unpaired) electrons. The van der Waals surface area contributed by atoms with Crippen molar-refractivity contribution in [3.63, 3.8) is 0 Å². The lowest BCUT2D eigenvalue weighted by Gasteiger charge is -2.45. The van der Waals surface area contributed by atoms with Gasteiger partial charge in [0.15, 0.2) is 0 Å². The third kappa shape index (κ3) is 6.10. The molecule has 4 heterocycles. The summed E-state index contributed by atoms with van der Waals surface area (Å²) in [4.78, 5) is 16.6. The van der Waals surface area contributed by atoms with Gasteiger partial charge in [-0.25, -0.2) is 23.4 Å². The maximum absolute atomic E-state index is 14.9. The van der Waals surface area contributed by atoms with E-state index in [0.717, 1.165) is 43.6 Å². The van der Waals surface area contributed by atoms with E-state index in [1.807, 2.05) is 19.2 Å². The Morgan fingerprint density at radius 2 is 1.95 bits per heavy atom. The van der Waals surface area contributed by atoms with Crippen LogP contribution in [0.15, 0.2) is 66.7 Å². The maximum Gasteiger partial charge on any atom is 0.137 e. The van der Waals surface area contributed by atoms with Crippen LogP contribution in [0, 0.1) is 11.6 Å². The first-order valence-corrected chi connectivity index (χ1v) is 13.9. The van der Waals surface area contributed by atoms with Crippen molar-refractivity contribution in [3.8, 4) is 0 Å². The van der Waals surface area contributed by atoms with Crippen molar-refractivity contribution < 1.29 is 13.9 Å². The molecular formula is C28H33F2N7OS. The third-order valence-electron chi connectivity index (χ3n) is 7.58. The number of rotatable bonds is 10. The molecule has 0 aliphatic carbocycles. The molecule has 4 aromatic rings. The zero-order chi connectivity index (χ0) is 27.4. The van der Waals surface area contributed by atoms with E-state index in [-0.39, 0.29) is 12.1 Å². The van der Waals surface area contributed by atoms with E-state index < -0.39 is 23.3 Å². The van der Waals surface area contributed by atoms with Crippen LogP contribution >= 0.6 is 11.3 Å². The molecule has 1 aromatic carbocycles. The molecule has 206 valence electrons. The second-order valence-corrected chi connectivity index (χ2v) is 11.0. The maximum atomic E-state index is 14.9. The van der Waals surface area contributed by atoms with Gasteiger partial charge < -0.3 is 14.9 Å². The number of hydrogen-bond donors (Lipinski definition) is 1. The number of pyridine rings is 1. The SMILES string of the molecule is CC(N1CCN(c2ccc(N(C)CCc3cccs3)nc2)CC1)C(O)(Cn1cncn1)c1ccc(F)cc1F. The Balaban J connectivity index is 1.24. The van der Waals surface area contributed by atoms with Crippen molar-refractivity contribution in [1.82, 2.24) is 24.6 Å². The number of halogens is 2. The van der Waals surface area contributed by atoms with E-state index in [2.05, 4.69) is 55.4 Å². The van der Waals surface area contributed by atoms with Crippen LogP contribution < -0.4 is 9.80 Å². The first-order chi connectivity index (χ1) is 18.8. The summed E-state index contributed by atoms with van der Waals surface area (Å²) >= 11 is 1.77. The van der Waals surface area contributed by atoms with Crippen molar-refractivity contribution in [2.75, 3.05) is 49.6 Å². The van der Waals surface area contributed by atoms with Gasteiger partial charge in [-0.05, 0) is 43.0 Å². The third-order valence-corrected chi connectivity index (χ3v) is 8.52. The van der Waals surface area contributed by atoms with E-state index in [0.29, 0.717) is 13.1 Å². The lowest BCUT2D eigenvalue weighted by molar-refractivity contribution is -0.0650. The predicted octanol–water partition coefficient (Wildman–Crippen LogP) is 3.79. The Kier molecular flexibility index (Phi) is 8.20. The van der Waals surface area contributed by atoms with E-state index in [4.69, 9.17) is 4.98 Å². The summed E-state index contributed by atoms with van der Waals surface area (Å²) in [6.45, 7) is 5.53.